The number of anilines is 1. The maximum Gasteiger partial charge on any atom is 0.275 e. The second-order valence-electron chi connectivity index (χ2n) is 6.82. The fraction of sp³-hybridized carbons (Fsp3) is 0.529. The summed E-state index contributed by atoms with van der Waals surface area (Å²) < 4.78 is 3.16. The number of aromatic nitrogens is 5. The van der Waals surface area contributed by atoms with Gasteiger partial charge in [-0.3, -0.25) is 9.48 Å². The van der Waals surface area contributed by atoms with Crippen molar-refractivity contribution in [1.29, 1.82) is 0 Å². The van der Waals surface area contributed by atoms with E-state index in [0.29, 0.717) is 11.5 Å². The van der Waals surface area contributed by atoms with E-state index in [4.69, 9.17) is 0 Å². The zero-order valence-corrected chi connectivity index (χ0v) is 15.7. The van der Waals surface area contributed by atoms with Crippen molar-refractivity contribution in [3.8, 4) is 0 Å². The Morgan fingerprint density at radius 2 is 2.23 bits per heavy atom. The van der Waals surface area contributed by atoms with Gasteiger partial charge in [0.25, 0.3) is 5.56 Å². The summed E-state index contributed by atoms with van der Waals surface area (Å²) in [5.74, 6) is 0.313. The lowest BCUT2D eigenvalue weighted by atomic mass is 9.92. The molecule has 1 N–H and O–H groups in total. The molecule has 9 heteroatoms. The first-order valence-electron chi connectivity index (χ1n) is 8.83. The molecule has 1 aliphatic heterocycles. The number of hydrogen-bond acceptors (Lipinski definition) is 7. The predicted octanol–water partition coefficient (Wildman–Crippen LogP) is 1.05. The van der Waals surface area contributed by atoms with E-state index in [1.165, 1.54) is 15.9 Å². The highest BCUT2D eigenvalue weighted by Crippen LogP contribution is 2.36. The first-order valence-corrected chi connectivity index (χ1v) is 9.64. The molecular weight excluding hydrogens is 352 g/mol. The van der Waals surface area contributed by atoms with E-state index >= 15 is 0 Å². The Morgan fingerprint density at radius 3 is 2.92 bits per heavy atom. The lowest BCUT2D eigenvalue weighted by molar-refractivity contribution is 0.227. The van der Waals surface area contributed by atoms with E-state index in [2.05, 4.69) is 27.0 Å². The molecule has 8 nitrogen and oxygen atoms in total. The minimum absolute atomic E-state index is 0.111. The summed E-state index contributed by atoms with van der Waals surface area (Å²) in [6, 6.07) is 1.57. The van der Waals surface area contributed by atoms with Crippen molar-refractivity contribution in [2.45, 2.75) is 25.7 Å². The molecular formula is C17H22N6O2S. The number of aliphatic hydroxyl groups excluding tert-OH is 1. The van der Waals surface area contributed by atoms with Gasteiger partial charge in [-0.25, -0.2) is 4.98 Å². The van der Waals surface area contributed by atoms with Crippen molar-refractivity contribution < 1.29 is 5.11 Å². The first-order chi connectivity index (χ1) is 12.6. The van der Waals surface area contributed by atoms with E-state index in [1.54, 1.807) is 10.7 Å². The molecule has 0 aliphatic carbocycles. The summed E-state index contributed by atoms with van der Waals surface area (Å²) in [6.45, 7) is 3.62. The van der Waals surface area contributed by atoms with Crippen LogP contribution in [0.5, 0.6) is 0 Å². The minimum atomic E-state index is -0.136. The number of fused-ring (bicyclic) bond motifs is 1. The van der Waals surface area contributed by atoms with Gasteiger partial charge in [0.2, 0.25) is 10.1 Å². The zero-order valence-electron chi connectivity index (χ0n) is 14.9. The summed E-state index contributed by atoms with van der Waals surface area (Å²) >= 11 is 1.43. The van der Waals surface area contributed by atoms with Crippen molar-refractivity contribution in [2.75, 3.05) is 24.6 Å². The lowest BCUT2D eigenvalue weighted by Gasteiger charge is -2.13. The number of hydrogen-bond donors (Lipinski definition) is 1. The molecule has 1 fully saturated rings. The molecule has 4 rings (SSSR count). The molecule has 0 unspecified atom stereocenters. The molecule has 0 saturated carbocycles. The van der Waals surface area contributed by atoms with Gasteiger partial charge < -0.3 is 10.0 Å². The number of rotatable bonds is 5. The largest absolute Gasteiger partial charge is 0.396 e. The van der Waals surface area contributed by atoms with Crippen molar-refractivity contribution in [3.63, 3.8) is 0 Å². The third-order valence-electron chi connectivity index (χ3n) is 4.89. The van der Waals surface area contributed by atoms with E-state index in [9.17, 15) is 9.90 Å². The molecule has 0 bridgehead atoms. The fourth-order valence-corrected chi connectivity index (χ4v) is 4.52. The summed E-state index contributed by atoms with van der Waals surface area (Å²) in [5, 5.41) is 19.3. The molecule has 0 aromatic carbocycles. The van der Waals surface area contributed by atoms with Crippen LogP contribution in [0.2, 0.25) is 0 Å². The van der Waals surface area contributed by atoms with Gasteiger partial charge in [-0.2, -0.15) is 9.61 Å². The van der Waals surface area contributed by atoms with Crippen molar-refractivity contribution >= 4 is 21.4 Å². The molecule has 0 radical (unpaired) electrons. The number of nitrogens with zero attached hydrogens (tertiary/aromatic N) is 6. The van der Waals surface area contributed by atoms with Crippen molar-refractivity contribution in [3.05, 3.63) is 40.1 Å². The molecule has 4 heterocycles. The highest BCUT2D eigenvalue weighted by molar-refractivity contribution is 7.20. The van der Waals surface area contributed by atoms with Gasteiger partial charge in [-0.1, -0.05) is 24.7 Å². The third kappa shape index (κ3) is 3.01. The van der Waals surface area contributed by atoms with Crippen LogP contribution in [0.1, 0.15) is 30.5 Å². The van der Waals surface area contributed by atoms with Gasteiger partial charge in [0.05, 0.1) is 6.20 Å². The highest BCUT2D eigenvalue weighted by Gasteiger charge is 2.35. The van der Waals surface area contributed by atoms with Crippen LogP contribution in [-0.2, 0) is 13.5 Å². The molecule has 3 aromatic rings. The maximum atomic E-state index is 12.3. The van der Waals surface area contributed by atoms with E-state index in [1.807, 2.05) is 19.4 Å². The molecule has 3 aromatic heterocycles. The van der Waals surface area contributed by atoms with Crippen LogP contribution in [0, 0.1) is 5.92 Å². The Balaban J connectivity index is 1.65. The smallest absolute Gasteiger partial charge is 0.275 e. The van der Waals surface area contributed by atoms with Crippen molar-refractivity contribution in [2.24, 2.45) is 13.0 Å². The summed E-state index contributed by atoms with van der Waals surface area (Å²) in [7, 11) is 1.89. The van der Waals surface area contributed by atoms with Crippen LogP contribution in [0.15, 0.2) is 23.3 Å². The topological polar surface area (TPSA) is 88.5 Å². The maximum absolute atomic E-state index is 12.3. The Morgan fingerprint density at radius 1 is 1.38 bits per heavy atom. The summed E-state index contributed by atoms with van der Waals surface area (Å²) in [4.78, 5) is 19.6. The van der Waals surface area contributed by atoms with Crippen molar-refractivity contribution in [1.82, 2.24) is 24.4 Å². The summed E-state index contributed by atoms with van der Waals surface area (Å²) in [5.41, 5.74) is 1.80. The van der Waals surface area contributed by atoms with Crippen LogP contribution in [0.3, 0.4) is 0 Å². The number of aliphatic hydroxyl groups is 1. The minimum Gasteiger partial charge on any atom is -0.396 e. The van der Waals surface area contributed by atoms with Crippen LogP contribution < -0.4 is 10.5 Å². The van der Waals surface area contributed by atoms with Gasteiger partial charge in [0.1, 0.15) is 0 Å². The SMILES string of the molecule is CCCc1cc(=O)n2nc(N3C[C@@H](CO)[C@H](c4cnn(C)c4)C3)sc2n1. The Labute approximate surface area is 154 Å². The average molecular weight is 374 g/mol. The zero-order chi connectivity index (χ0) is 18.3. The second kappa shape index (κ2) is 6.81. The standard InChI is InChI=1S/C17H22N6O2S/c1-3-4-13-5-15(25)23-16(19-13)26-17(20-23)22-8-12(10-24)14(9-22)11-6-18-21(2)7-11/h5-7,12,14,24H,3-4,8-10H2,1-2H3/t12-,14-/m0/s1. The second-order valence-corrected chi connectivity index (χ2v) is 7.75. The van der Waals surface area contributed by atoms with Crippen LogP contribution in [0.25, 0.3) is 4.96 Å². The predicted molar refractivity (Wildman–Crippen MR) is 99.9 cm³/mol. The Bertz CT molecular complexity index is 977. The molecule has 0 amide bonds. The Hall–Kier alpha value is -2.26. The average Bonchev–Trinajstić information content (AvgIpc) is 3.31. The molecule has 26 heavy (non-hydrogen) atoms. The quantitative estimate of drug-likeness (QED) is 0.718. The highest BCUT2D eigenvalue weighted by atomic mass is 32.1. The lowest BCUT2D eigenvalue weighted by Crippen LogP contribution is -2.21. The fourth-order valence-electron chi connectivity index (χ4n) is 3.58. The molecule has 2 atom stereocenters. The Kier molecular flexibility index (Phi) is 4.49. The van der Waals surface area contributed by atoms with E-state index in [0.717, 1.165) is 35.8 Å². The van der Waals surface area contributed by atoms with Gasteiger partial charge in [-0.05, 0) is 12.0 Å². The normalized spacial score (nSPS) is 20.3. The van der Waals surface area contributed by atoms with E-state index in [-0.39, 0.29) is 24.0 Å². The van der Waals surface area contributed by atoms with Crippen LogP contribution in [-0.4, -0.2) is 49.2 Å². The molecule has 138 valence electrons. The van der Waals surface area contributed by atoms with Gasteiger partial charge in [0, 0.05) is 56.5 Å². The molecule has 1 aliphatic rings. The molecule has 1 saturated heterocycles. The van der Waals surface area contributed by atoms with Gasteiger partial charge >= 0.3 is 0 Å². The molecule has 0 spiro atoms. The van der Waals surface area contributed by atoms with Crippen LogP contribution in [0.4, 0.5) is 5.13 Å². The summed E-state index contributed by atoms with van der Waals surface area (Å²) in [6.07, 6.45) is 5.60. The van der Waals surface area contributed by atoms with Crippen LogP contribution >= 0.6 is 11.3 Å². The van der Waals surface area contributed by atoms with E-state index < -0.39 is 0 Å². The third-order valence-corrected chi connectivity index (χ3v) is 5.86. The van der Waals surface area contributed by atoms with Gasteiger partial charge in [0.15, 0.2) is 0 Å². The number of aryl methyl sites for hydroxylation is 2. The van der Waals surface area contributed by atoms with Gasteiger partial charge in [-0.15, -0.1) is 5.10 Å². The monoisotopic (exact) mass is 374 g/mol. The first kappa shape index (κ1) is 17.2.